The molecule has 18 heavy (non-hydrogen) atoms. The van der Waals surface area contributed by atoms with Crippen LogP contribution in [0.4, 0.5) is 0 Å². The molecule has 0 aliphatic carbocycles. The van der Waals surface area contributed by atoms with E-state index in [9.17, 15) is 9.59 Å². The van der Waals surface area contributed by atoms with Crippen molar-refractivity contribution in [2.24, 2.45) is 7.05 Å². The molecule has 1 heterocycles. The maximum Gasteiger partial charge on any atom is 0.253 e. The van der Waals surface area contributed by atoms with Gasteiger partial charge in [-0.25, -0.2) is 0 Å². The Labute approximate surface area is 110 Å². The molecule has 0 atom stereocenters. The van der Waals surface area contributed by atoms with Gasteiger partial charge in [0.1, 0.15) is 5.78 Å². The normalized spacial score (nSPS) is 10.8. The van der Waals surface area contributed by atoms with Crippen molar-refractivity contribution in [1.82, 2.24) is 4.57 Å². The molecule has 0 amide bonds. The van der Waals surface area contributed by atoms with Crippen molar-refractivity contribution >= 4 is 28.3 Å². The number of pyridine rings is 1. The average molecular weight is 264 g/mol. The summed E-state index contributed by atoms with van der Waals surface area (Å²) in [5, 5.41) is 1.56. The van der Waals surface area contributed by atoms with E-state index in [1.54, 1.807) is 17.7 Å². The molecule has 4 heteroatoms. The first kappa shape index (κ1) is 12.8. The topological polar surface area (TPSA) is 39.1 Å². The van der Waals surface area contributed by atoms with Gasteiger partial charge in [-0.2, -0.15) is 0 Å². The van der Waals surface area contributed by atoms with Crippen LogP contribution in [0.2, 0.25) is 5.02 Å². The zero-order valence-electron chi connectivity index (χ0n) is 10.4. The van der Waals surface area contributed by atoms with Gasteiger partial charge in [-0.05, 0) is 37.6 Å². The molecule has 0 saturated heterocycles. The van der Waals surface area contributed by atoms with Gasteiger partial charge in [-0.1, -0.05) is 11.6 Å². The average Bonchev–Trinajstić information content (AvgIpc) is 2.31. The number of benzene rings is 1. The standard InChI is InChI=1S/C14H14ClNO2/c1-9(17)3-4-10-7-11-8-12(15)5-6-13(11)16(2)14(10)18/h5-8H,3-4H2,1-2H3. The predicted octanol–water partition coefficient (Wildman–Crippen LogP) is 2.71. The zero-order valence-corrected chi connectivity index (χ0v) is 11.1. The third-order valence-corrected chi connectivity index (χ3v) is 3.24. The predicted molar refractivity (Wildman–Crippen MR) is 73.2 cm³/mol. The Morgan fingerprint density at radius 2 is 2.06 bits per heavy atom. The Morgan fingerprint density at radius 3 is 2.72 bits per heavy atom. The minimum Gasteiger partial charge on any atom is -0.311 e. The Balaban J connectivity index is 2.58. The van der Waals surface area contributed by atoms with Crippen molar-refractivity contribution in [3.63, 3.8) is 0 Å². The highest BCUT2D eigenvalue weighted by Gasteiger charge is 2.08. The van der Waals surface area contributed by atoms with Crippen LogP contribution in [0.25, 0.3) is 10.9 Å². The van der Waals surface area contributed by atoms with E-state index in [0.717, 1.165) is 10.9 Å². The summed E-state index contributed by atoms with van der Waals surface area (Å²) in [6.07, 6.45) is 0.867. The summed E-state index contributed by atoms with van der Waals surface area (Å²) >= 11 is 5.95. The fourth-order valence-corrected chi connectivity index (χ4v) is 2.19. The Bertz CT molecular complexity index is 673. The molecule has 2 aromatic rings. The van der Waals surface area contributed by atoms with Gasteiger partial charge in [0.15, 0.2) is 0 Å². The monoisotopic (exact) mass is 263 g/mol. The highest BCUT2D eigenvalue weighted by atomic mass is 35.5. The lowest BCUT2D eigenvalue weighted by Gasteiger charge is -2.08. The van der Waals surface area contributed by atoms with Crippen LogP contribution in [0.3, 0.4) is 0 Å². The molecule has 0 unspecified atom stereocenters. The van der Waals surface area contributed by atoms with Crippen molar-refractivity contribution in [3.05, 3.63) is 45.2 Å². The van der Waals surface area contributed by atoms with E-state index in [1.807, 2.05) is 18.2 Å². The van der Waals surface area contributed by atoms with E-state index >= 15 is 0 Å². The minimum atomic E-state index is -0.0499. The molecular weight excluding hydrogens is 250 g/mol. The molecule has 0 fully saturated rings. The summed E-state index contributed by atoms with van der Waals surface area (Å²) in [7, 11) is 1.73. The lowest BCUT2D eigenvalue weighted by atomic mass is 10.1. The van der Waals surface area contributed by atoms with Crippen molar-refractivity contribution < 1.29 is 4.79 Å². The summed E-state index contributed by atoms with van der Waals surface area (Å²) < 4.78 is 1.60. The van der Waals surface area contributed by atoms with E-state index in [4.69, 9.17) is 11.6 Å². The first-order valence-corrected chi connectivity index (χ1v) is 6.14. The zero-order chi connectivity index (χ0) is 13.3. The number of rotatable bonds is 3. The third kappa shape index (κ3) is 2.46. The Hall–Kier alpha value is -1.61. The number of carbonyl (C=O) groups excluding carboxylic acids is 1. The van der Waals surface area contributed by atoms with Crippen LogP contribution in [0.5, 0.6) is 0 Å². The van der Waals surface area contributed by atoms with Crippen molar-refractivity contribution in [2.45, 2.75) is 19.8 Å². The van der Waals surface area contributed by atoms with Gasteiger partial charge in [-0.15, -0.1) is 0 Å². The quantitative estimate of drug-likeness (QED) is 0.854. The highest BCUT2D eigenvalue weighted by molar-refractivity contribution is 6.31. The molecule has 3 nitrogen and oxygen atoms in total. The van der Waals surface area contributed by atoms with Gasteiger partial charge in [0, 0.05) is 29.4 Å². The molecule has 0 radical (unpaired) electrons. The number of halogens is 1. The molecule has 0 spiro atoms. The maximum absolute atomic E-state index is 12.1. The second-order valence-electron chi connectivity index (χ2n) is 4.44. The van der Waals surface area contributed by atoms with Crippen LogP contribution in [0, 0.1) is 0 Å². The second-order valence-corrected chi connectivity index (χ2v) is 4.88. The number of fused-ring (bicyclic) bond motifs is 1. The number of aryl methyl sites for hydroxylation is 2. The molecule has 0 bridgehead atoms. The Kier molecular flexibility index (Phi) is 3.53. The third-order valence-electron chi connectivity index (χ3n) is 3.01. The van der Waals surface area contributed by atoms with Crippen molar-refractivity contribution in [1.29, 1.82) is 0 Å². The number of ketones is 1. The molecule has 0 aliphatic rings. The molecule has 1 aromatic carbocycles. The fourth-order valence-electron chi connectivity index (χ4n) is 2.01. The van der Waals surface area contributed by atoms with E-state index in [2.05, 4.69) is 0 Å². The van der Waals surface area contributed by atoms with E-state index < -0.39 is 0 Å². The lowest BCUT2D eigenvalue weighted by Crippen LogP contribution is -2.21. The van der Waals surface area contributed by atoms with E-state index in [1.165, 1.54) is 6.92 Å². The fraction of sp³-hybridized carbons (Fsp3) is 0.286. The van der Waals surface area contributed by atoms with Crippen LogP contribution in [0.15, 0.2) is 29.1 Å². The van der Waals surface area contributed by atoms with Gasteiger partial charge in [0.05, 0.1) is 5.52 Å². The van der Waals surface area contributed by atoms with Crippen LogP contribution in [-0.2, 0) is 18.3 Å². The van der Waals surface area contributed by atoms with Crippen LogP contribution in [-0.4, -0.2) is 10.4 Å². The molecular formula is C14H14ClNO2. The number of hydrogen-bond acceptors (Lipinski definition) is 2. The van der Waals surface area contributed by atoms with Gasteiger partial charge in [0.25, 0.3) is 5.56 Å². The maximum atomic E-state index is 12.1. The molecule has 94 valence electrons. The number of nitrogens with zero attached hydrogens (tertiary/aromatic N) is 1. The number of Topliss-reactive ketones (excluding diaryl/α,β-unsaturated/α-hetero) is 1. The highest BCUT2D eigenvalue weighted by Crippen LogP contribution is 2.19. The van der Waals surface area contributed by atoms with Crippen LogP contribution in [0.1, 0.15) is 18.9 Å². The van der Waals surface area contributed by atoms with Crippen molar-refractivity contribution in [3.8, 4) is 0 Å². The minimum absolute atomic E-state index is 0.0499. The van der Waals surface area contributed by atoms with E-state index in [-0.39, 0.29) is 11.3 Å². The number of carbonyl (C=O) groups is 1. The van der Waals surface area contributed by atoms with Crippen LogP contribution < -0.4 is 5.56 Å². The summed E-state index contributed by atoms with van der Waals surface area (Å²) in [5.41, 5.74) is 1.45. The molecule has 2 rings (SSSR count). The first-order chi connectivity index (χ1) is 8.49. The van der Waals surface area contributed by atoms with Gasteiger partial charge >= 0.3 is 0 Å². The summed E-state index contributed by atoms with van der Waals surface area (Å²) in [6, 6.07) is 7.24. The van der Waals surface area contributed by atoms with Crippen molar-refractivity contribution in [2.75, 3.05) is 0 Å². The molecule has 0 saturated carbocycles. The van der Waals surface area contributed by atoms with E-state index in [0.29, 0.717) is 23.4 Å². The smallest absolute Gasteiger partial charge is 0.253 e. The molecule has 0 N–H and O–H groups in total. The second kappa shape index (κ2) is 4.94. The van der Waals surface area contributed by atoms with Gasteiger partial charge in [0.2, 0.25) is 0 Å². The van der Waals surface area contributed by atoms with Gasteiger partial charge < -0.3 is 9.36 Å². The lowest BCUT2D eigenvalue weighted by molar-refractivity contribution is -0.116. The van der Waals surface area contributed by atoms with Crippen LogP contribution >= 0.6 is 11.6 Å². The number of hydrogen-bond donors (Lipinski definition) is 0. The van der Waals surface area contributed by atoms with Gasteiger partial charge in [-0.3, -0.25) is 4.79 Å². The largest absolute Gasteiger partial charge is 0.311 e. The number of aromatic nitrogens is 1. The molecule has 0 aliphatic heterocycles. The summed E-state index contributed by atoms with van der Waals surface area (Å²) in [5.74, 6) is 0.0863. The molecule has 1 aromatic heterocycles. The summed E-state index contributed by atoms with van der Waals surface area (Å²) in [4.78, 5) is 23.1. The SMILES string of the molecule is CC(=O)CCc1cc2cc(Cl)ccc2n(C)c1=O. The first-order valence-electron chi connectivity index (χ1n) is 5.76. The Morgan fingerprint density at radius 1 is 1.33 bits per heavy atom. The summed E-state index contributed by atoms with van der Waals surface area (Å²) in [6.45, 7) is 1.53.